The minimum absolute atomic E-state index is 0.0151. The fraction of sp³-hybridized carbons (Fsp3) is 0.350. The Morgan fingerprint density at radius 1 is 1.15 bits per heavy atom. The first-order valence-corrected chi connectivity index (χ1v) is 9.18. The number of rotatable bonds is 7. The Bertz CT molecular complexity index is 761. The molecule has 6 nitrogen and oxygen atoms in total. The molecule has 0 spiro atoms. The van der Waals surface area contributed by atoms with Crippen LogP contribution < -0.4 is 14.8 Å². The second-order valence-corrected chi connectivity index (χ2v) is 6.56. The number of methoxy groups -OCH3 is 1. The van der Waals surface area contributed by atoms with Crippen molar-refractivity contribution >= 4 is 23.2 Å². The highest BCUT2D eigenvalue weighted by Gasteiger charge is 2.18. The molecule has 1 N–H and O–H groups in total. The summed E-state index contributed by atoms with van der Waals surface area (Å²) in [5.41, 5.74) is 2.02. The lowest BCUT2D eigenvalue weighted by Crippen LogP contribution is -2.43. The first-order valence-electron chi connectivity index (χ1n) is 8.80. The number of carbonyl (C=O) groups is 1. The number of morpholine rings is 1. The molecule has 0 bridgehead atoms. The van der Waals surface area contributed by atoms with Crippen molar-refractivity contribution < 1.29 is 19.0 Å². The van der Waals surface area contributed by atoms with Gasteiger partial charge in [-0.25, -0.2) is 0 Å². The molecule has 2 aromatic rings. The van der Waals surface area contributed by atoms with Gasteiger partial charge in [0.15, 0.2) is 18.1 Å². The molecule has 1 aliphatic rings. The van der Waals surface area contributed by atoms with Gasteiger partial charge >= 0.3 is 0 Å². The second kappa shape index (κ2) is 9.48. The van der Waals surface area contributed by atoms with Gasteiger partial charge in [-0.2, -0.15) is 0 Å². The topological polar surface area (TPSA) is 60.0 Å². The van der Waals surface area contributed by atoms with Gasteiger partial charge in [0.05, 0.1) is 20.3 Å². The number of benzene rings is 2. The zero-order chi connectivity index (χ0) is 19.1. The number of halogens is 1. The normalized spacial score (nSPS) is 13.9. The van der Waals surface area contributed by atoms with Crippen LogP contribution in [0.2, 0.25) is 5.02 Å². The summed E-state index contributed by atoms with van der Waals surface area (Å²) in [6, 6.07) is 13.2. The molecule has 144 valence electrons. The van der Waals surface area contributed by atoms with Crippen molar-refractivity contribution in [2.24, 2.45) is 0 Å². The third-order valence-corrected chi connectivity index (χ3v) is 4.54. The number of nitrogens with one attached hydrogen (secondary N) is 1. The lowest BCUT2D eigenvalue weighted by Gasteiger charge is -2.26. The predicted octanol–water partition coefficient (Wildman–Crippen LogP) is 3.20. The summed E-state index contributed by atoms with van der Waals surface area (Å²) in [6.07, 6.45) is 0. The average Bonchev–Trinajstić information content (AvgIpc) is 2.72. The summed E-state index contributed by atoms with van der Waals surface area (Å²) in [7, 11) is 1.59. The lowest BCUT2D eigenvalue weighted by molar-refractivity contribution is -0.137. The third-order valence-electron chi connectivity index (χ3n) is 4.28. The zero-order valence-electron chi connectivity index (χ0n) is 15.2. The second-order valence-electron chi connectivity index (χ2n) is 6.13. The zero-order valence-corrected chi connectivity index (χ0v) is 16.0. The van der Waals surface area contributed by atoms with Gasteiger partial charge in [0.1, 0.15) is 0 Å². The standard InChI is InChI=1S/C20H23ClN2O4/c1-25-19-12-15(13-22-17-5-3-16(21)4-6-17)2-7-18(19)27-14-20(24)23-8-10-26-11-9-23/h2-7,12,22H,8-11,13-14H2,1H3. The predicted molar refractivity (Wildman–Crippen MR) is 105 cm³/mol. The van der Waals surface area contributed by atoms with Crippen LogP contribution in [0.4, 0.5) is 5.69 Å². The smallest absolute Gasteiger partial charge is 0.260 e. The molecule has 0 unspecified atom stereocenters. The highest BCUT2D eigenvalue weighted by atomic mass is 35.5. The molecule has 0 saturated carbocycles. The summed E-state index contributed by atoms with van der Waals surface area (Å²) in [4.78, 5) is 14.0. The van der Waals surface area contributed by atoms with E-state index in [2.05, 4.69) is 5.32 Å². The van der Waals surface area contributed by atoms with E-state index in [9.17, 15) is 4.79 Å². The highest BCUT2D eigenvalue weighted by molar-refractivity contribution is 6.30. The van der Waals surface area contributed by atoms with Crippen LogP contribution in [0.1, 0.15) is 5.56 Å². The van der Waals surface area contributed by atoms with Crippen molar-refractivity contribution in [3.63, 3.8) is 0 Å². The van der Waals surface area contributed by atoms with Gasteiger partial charge in [0, 0.05) is 30.3 Å². The molecule has 1 heterocycles. The molecule has 1 fully saturated rings. The molecular weight excluding hydrogens is 368 g/mol. The molecule has 0 aliphatic carbocycles. The molecule has 0 atom stereocenters. The molecule has 1 aliphatic heterocycles. The fourth-order valence-electron chi connectivity index (χ4n) is 2.76. The van der Waals surface area contributed by atoms with Crippen molar-refractivity contribution in [1.82, 2.24) is 4.90 Å². The van der Waals surface area contributed by atoms with E-state index in [1.165, 1.54) is 0 Å². The molecule has 27 heavy (non-hydrogen) atoms. The Morgan fingerprint density at radius 3 is 2.59 bits per heavy atom. The first kappa shape index (κ1) is 19.3. The SMILES string of the molecule is COc1cc(CNc2ccc(Cl)cc2)ccc1OCC(=O)N1CCOCC1. The van der Waals surface area contributed by atoms with Crippen LogP contribution in [0.3, 0.4) is 0 Å². The van der Waals surface area contributed by atoms with Crippen molar-refractivity contribution in [2.45, 2.75) is 6.54 Å². The minimum Gasteiger partial charge on any atom is -0.493 e. The van der Waals surface area contributed by atoms with E-state index in [4.69, 9.17) is 25.8 Å². The largest absolute Gasteiger partial charge is 0.493 e. The molecule has 0 aromatic heterocycles. The Kier molecular flexibility index (Phi) is 6.79. The molecule has 1 saturated heterocycles. The van der Waals surface area contributed by atoms with E-state index < -0.39 is 0 Å². The van der Waals surface area contributed by atoms with Crippen LogP contribution in [0.15, 0.2) is 42.5 Å². The lowest BCUT2D eigenvalue weighted by atomic mass is 10.2. The van der Waals surface area contributed by atoms with Crippen LogP contribution in [0, 0.1) is 0 Å². The maximum atomic E-state index is 12.2. The Morgan fingerprint density at radius 2 is 1.89 bits per heavy atom. The summed E-state index contributed by atoms with van der Waals surface area (Å²) in [6.45, 7) is 2.97. The molecule has 3 rings (SSSR count). The van der Waals surface area contributed by atoms with E-state index >= 15 is 0 Å². The van der Waals surface area contributed by atoms with Gasteiger partial charge < -0.3 is 24.4 Å². The maximum Gasteiger partial charge on any atom is 0.260 e. The molecule has 7 heteroatoms. The number of carbonyl (C=O) groups excluding carboxylic acids is 1. The van der Waals surface area contributed by atoms with E-state index in [0.717, 1.165) is 11.3 Å². The molecule has 1 amide bonds. The summed E-state index contributed by atoms with van der Waals surface area (Å²) >= 11 is 5.90. The third kappa shape index (κ3) is 5.52. The Labute approximate surface area is 164 Å². The van der Waals surface area contributed by atoms with Gasteiger partial charge in [-0.15, -0.1) is 0 Å². The van der Waals surface area contributed by atoms with Gasteiger partial charge in [-0.1, -0.05) is 17.7 Å². The number of ether oxygens (including phenoxy) is 3. The van der Waals surface area contributed by atoms with Crippen molar-refractivity contribution in [3.05, 3.63) is 53.1 Å². The number of nitrogens with zero attached hydrogens (tertiary/aromatic N) is 1. The fourth-order valence-corrected chi connectivity index (χ4v) is 2.88. The number of amides is 1. The summed E-state index contributed by atoms with van der Waals surface area (Å²) in [5, 5.41) is 4.03. The highest BCUT2D eigenvalue weighted by Crippen LogP contribution is 2.28. The number of hydrogen-bond acceptors (Lipinski definition) is 5. The van der Waals surface area contributed by atoms with Crippen molar-refractivity contribution in [3.8, 4) is 11.5 Å². The van der Waals surface area contributed by atoms with E-state index in [-0.39, 0.29) is 12.5 Å². The Balaban J connectivity index is 1.56. The van der Waals surface area contributed by atoms with Gasteiger partial charge in [-0.05, 0) is 42.0 Å². The number of anilines is 1. The van der Waals surface area contributed by atoms with Crippen LogP contribution in [-0.2, 0) is 16.1 Å². The van der Waals surface area contributed by atoms with E-state index in [1.807, 2.05) is 42.5 Å². The van der Waals surface area contributed by atoms with Gasteiger partial charge in [-0.3, -0.25) is 4.79 Å². The van der Waals surface area contributed by atoms with Crippen LogP contribution in [-0.4, -0.2) is 50.8 Å². The minimum atomic E-state index is -0.0474. The van der Waals surface area contributed by atoms with Crippen molar-refractivity contribution in [1.29, 1.82) is 0 Å². The van der Waals surface area contributed by atoms with Crippen LogP contribution in [0.25, 0.3) is 0 Å². The van der Waals surface area contributed by atoms with Gasteiger partial charge in [0.2, 0.25) is 0 Å². The first-order chi connectivity index (χ1) is 13.2. The van der Waals surface area contributed by atoms with Crippen LogP contribution >= 0.6 is 11.6 Å². The quantitative estimate of drug-likeness (QED) is 0.786. The molecular formula is C20H23ClN2O4. The van der Waals surface area contributed by atoms with E-state index in [1.54, 1.807) is 12.0 Å². The summed E-state index contributed by atoms with van der Waals surface area (Å²) in [5.74, 6) is 1.10. The van der Waals surface area contributed by atoms with Gasteiger partial charge in [0.25, 0.3) is 5.91 Å². The molecule has 0 radical (unpaired) electrons. The Hall–Kier alpha value is -2.44. The maximum absolute atomic E-state index is 12.2. The number of hydrogen-bond donors (Lipinski definition) is 1. The van der Waals surface area contributed by atoms with Crippen molar-refractivity contribution in [2.75, 3.05) is 45.3 Å². The molecule has 2 aromatic carbocycles. The van der Waals surface area contributed by atoms with Crippen LogP contribution in [0.5, 0.6) is 11.5 Å². The monoisotopic (exact) mass is 390 g/mol. The van der Waals surface area contributed by atoms with E-state index in [0.29, 0.717) is 49.4 Å². The average molecular weight is 391 g/mol. The summed E-state index contributed by atoms with van der Waals surface area (Å²) < 4.78 is 16.4.